The summed E-state index contributed by atoms with van der Waals surface area (Å²) in [6.45, 7) is 0.135. The van der Waals surface area contributed by atoms with E-state index in [2.05, 4.69) is 5.32 Å². The molecule has 1 aliphatic heterocycles. The molecule has 1 aliphatic rings. The summed E-state index contributed by atoms with van der Waals surface area (Å²) in [5.41, 5.74) is 0.416. The number of ether oxygens (including phenoxy) is 1. The monoisotopic (exact) mass is 380 g/mol. The SMILES string of the molecule is COc1ccc(N2CC(C(=O)Nc3ccc(F)cc3F)CC2=O)cc1Cl. The third-order valence-corrected chi connectivity index (χ3v) is 4.43. The average Bonchev–Trinajstić information content (AvgIpc) is 2.99. The average molecular weight is 381 g/mol. The second-order valence-corrected chi connectivity index (χ2v) is 6.24. The van der Waals surface area contributed by atoms with E-state index >= 15 is 0 Å². The lowest BCUT2D eigenvalue weighted by Gasteiger charge is -2.18. The van der Waals surface area contributed by atoms with E-state index in [1.807, 2.05) is 0 Å². The highest BCUT2D eigenvalue weighted by Crippen LogP contribution is 2.32. The molecule has 136 valence electrons. The van der Waals surface area contributed by atoms with Crippen molar-refractivity contribution in [3.8, 4) is 5.75 Å². The minimum absolute atomic E-state index is 0.0156. The molecule has 5 nitrogen and oxygen atoms in total. The van der Waals surface area contributed by atoms with Crippen LogP contribution < -0.4 is 15.0 Å². The fraction of sp³-hybridized carbons (Fsp3) is 0.222. The van der Waals surface area contributed by atoms with Crippen molar-refractivity contribution in [2.75, 3.05) is 23.9 Å². The van der Waals surface area contributed by atoms with Crippen LogP contribution in [0.3, 0.4) is 0 Å². The lowest BCUT2D eigenvalue weighted by atomic mass is 10.1. The fourth-order valence-corrected chi connectivity index (χ4v) is 3.03. The zero-order chi connectivity index (χ0) is 18.8. The van der Waals surface area contributed by atoms with Gasteiger partial charge in [-0.3, -0.25) is 9.59 Å². The van der Waals surface area contributed by atoms with E-state index in [1.165, 1.54) is 12.0 Å². The standard InChI is InChI=1S/C18H15ClF2N2O3/c1-26-16-5-3-12(8-13(16)19)23-9-10(6-17(23)24)18(25)22-15-4-2-11(20)7-14(15)21/h2-5,7-8,10H,6,9H2,1H3,(H,22,25). The number of rotatable bonds is 4. The third kappa shape index (κ3) is 3.62. The van der Waals surface area contributed by atoms with Crippen molar-refractivity contribution in [3.05, 3.63) is 53.1 Å². The summed E-state index contributed by atoms with van der Waals surface area (Å²) in [6, 6.07) is 7.75. The van der Waals surface area contributed by atoms with Gasteiger partial charge in [0.2, 0.25) is 11.8 Å². The topological polar surface area (TPSA) is 58.6 Å². The predicted molar refractivity (Wildman–Crippen MR) is 93.5 cm³/mol. The number of hydrogen-bond donors (Lipinski definition) is 1. The Labute approximate surface area is 153 Å². The minimum Gasteiger partial charge on any atom is -0.495 e. The molecule has 1 N–H and O–H groups in total. The second kappa shape index (κ2) is 7.29. The molecule has 2 aromatic carbocycles. The van der Waals surface area contributed by atoms with Gasteiger partial charge in [-0.2, -0.15) is 0 Å². The lowest BCUT2D eigenvalue weighted by Crippen LogP contribution is -2.28. The molecule has 26 heavy (non-hydrogen) atoms. The van der Waals surface area contributed by atoms with Crippen molar-refractivity contribution in [2.24, 2.45) is 5.92 Å². The van der Waals surface area contributed by atoms with Gasteiger partial charge < -0.3 is 15.0 Å². The van der Waals surface area contributed by atoms with E-state index < -0.39 is 23.5 Å². The summed E-state index contributed by atoms with van der Waals surface area (Å²) in [6.07, 6.45) is -0.0156. The number of halogens is 3. The van der Waals surface area contributed by atoms with Crippen LogP contribution in [0.5, 0.6) is 5.75 Å². The predicted octanol–water partition coefficient (Wildman–Crippen LogP) is 3.62. The van der Waals surface area contributed by atoms with Crippen LogP contribution in [0.25, 0.3) is 0 Å². The Bertz CT molecular complexity index is 876. The quantitative estimate of drug-likeness (QED) is 0.881. The molecule has 0 saturated carbocycles. The smallest absolute Gasteiger partial charge is 0.229 e. The summed E-state index contributed by atoms with van der Waals surface area (Å²) in [4.78, 5) is 26.1. The Morgan fingerprint density at radius 1 is 1.27 bits per heavy atom. The molecule has 2 amide bonds. The molecular weight excluding hydrogens is 366 g/mol. The molecule has 1 heterocycles. The van der Waals surface area contributed by atoms with Gasteiger partial charge in [0.25, 0.3) is 0 Å². The number of benzene rings is 2. The number of carbonyl (C=O) groups excluding carboxylic acids is 2. The number of amides is 2. The van der Waals surface area contributed by atoms with Crippen LogP contribution >= 0.6 is 11.6 Å². The van der Waals surface area contributed by atoms with Crippen molar-refractivity contribution in [1.29, 1.82) is 0 Å². The number of hydrogen-bond acceptors (Lipinski definition) is 3. The van der Waals surface area contributed by atoms with Crippen molar-refractivity contribution in [1.82, 2.24) is 0 Å². The van der Waals surface area contributed by atoms with Crippen LogP contribution in [0.4, 0.5) is 20.2 Å². The van der Waals surface area contributed by atoms with E-state index in [0.29, 0.717) is 22.5 Å². The Balaban J connectivity index is 1.72. The number of methoxy groups -OCH3 is 1. The highest BCUT2D eigenvalue weighted by molar-refractivity contribution is 6.32. The molecule has 0 aromatic heterocycles. The molecule has 1 atom stereocenters. The molecule has 2 aromatic rings. The molecule has 0 radical (unpaired) electrons. The van der Waals surface area contributed by atoms with E-state index in [-0.39, 0.29) is 24.6 Å². The van der Waals surface area contributed by atoms with Crippen LogP contribution in [0, 0.1) is 17.6 Å². The summed E-state index contributed by atoms with van der Waals surface area (Å²) >= 11 is 6.08. The first-order valence-electron chi connectivity index (χ1n) is 7.79. The maximum atomic E-state index is 13.7. The highest BCUT2D eigenvalue weighted by atomic mass is 35.5. The number of nitrogens with zero attached hydrogens (tertiary/aromatic N) is 1. The zero-order valence-corrected chi connectivity index (χ0v) is 14.5. The molecule has 1 fully saturated rings. The minimum atomic E-state index is -0.874. The van der Waals surface area contributed by atoms with E-state index in [1.54, 1.807) is 18.2 Å². The van der Waals surface area contributed by atoms with Gasteiger partial charge in [0.15, 0.2) is 0 Å². The third-order valence-electron chi connectivity index (χ3n) is 4.13. The van der Waals surface area contributed by atoms with Crippen LogP contribution in [0.15, 0.2) is 36.4 Å². The summed E-state index contributed by atoms with van der Waals surface area (Å²) in [5, 5.41) is 2.74. The largest absolute Gasteiger partial charge is 0.495 e. The Morgan fingerprint density at radius 2 is 2.04 bits per heavy atom. The van der Waals surface area contributed by atoms with Gasteiger partial charge in [0.1, 0.15) is 17.4 Å². The van der Waals surface area contributed by atoms with Gasteiger partial charge >= 0.3 is 0 Å². The first-order chi connectivity index (χ1) is 12.4. The van der Waals surface area contributed by atoms with Crippen LogP contribution in [-0.4, -0.2) is 25.5 Å². The van der Waals surface area contributed by atoms with Gasteiger partial charge in [-0.1, -0.05) is 11.6 Å². The van der Waals surface area contributed by atoms with Crippen LogP contribution in [0.2, 0.25) is 5.02 Å². The molecule has 8 heteroatoms. The van der Waals surface area contributed by atoms with Gasteiger partial charge in [0, 0.05) is 24.7 Å². The normalized spacial score (nSPS) is 16.7. The highest BCUT2D eigenvalue weighted by Gasteiger charge is 2.35. The van der Waals surface area contributed by atoms with E-state index in [0.717, 1.165) is 12.1 Å². The Hall–Kier alpha value is -2.67. The molecule has 3 rings (SSSR count). The molecular formula is C18H15ClF2N2O3. The van der Waals surface area contributed by atoms with Crippen molar-refractivity contribution in [2.45, 2.75) is 6.42 Å². The number of nitrogens with one attached hydrogen (secondary N) is 1. The first kappa shape index (κ1) is 18.1. The Kier molecular flexibility index (Phi) is 5.08. The van der Waals surface area contributed by atoms with Gasteiger partial charge in [-0.05, 0) is 30.3 Å². The van der Waals surface area contributed by atoms with E-state index in [9.17, 15) is 18.4 Å². The molecule has 0 aliphatic carbocycles. The van der Waals surface area contributed by atoms with E-state index in [4.69, 9.17) is 16.3 Å². The maximum Gasteiger partial charge on any atom is 0.229 e. The van der Waals surface area contributed by atoms with Gasteiger partial charge in [-0.15, -0.1) is 0 Å². The molecule has 1 unspecified atom stereocenters. The number of anilines is 2. The van der Waals surface area contributed by atoms with Crippen molar-refractivity contribution >= 4 is 34.8 Å². The fourth-order valence-electron chi connectivity index (χ4n) is 2.78. The lowest BCUT2D eigenvalue weighted by molar-refractivity contribution is -0.122. The van der Waals surface area contributed by atoms with Crippen molar-refractivity contribution < 1.29 is 23.1 Å². The van der Waals surface area contributed by atoms with Gasteiger partial charge in [-0.25, -0.2) is 8.78 Å². The Morgan fingerprint density at radius 3 is 2.69 bits per heavy atom. The summed E-state index contributed by atoms with van der Waals surface area (Å²) < 4.78 is 31.7. The number of carbonyl (C=O) groups is 2. The zero-order valence-electron chi connectivity index (χ0n) is 13.8. The maximum absolute atomic E-state index is 13.7. The molecule has 0 bridgehead atoms. The first-order valence-corrected chi connectivity index (χ1v) is 8.16. The molecule has 1 saturated heterocycles. The second-order valence-electron chi connectivity index (χ2n) is 5.84. The molecule has 0 spiro atoms. The van der Waals surface area contributed by atoms with Crippen LogP contribution in [-0.2, 0) is 9.59 Å². The summed E-state index contributed by atoms with van der Waals surface area (Å²) in [5.74, 6) is -2.55. The van der Waals surface area contributed by atoms with Crippen molar-refractivity contribution in [3.63, 3.8) is 0 Å². The summed E-state index contributed by atoms with van der Waals surface area (Å²) in [7, 11) is 1.48. The van der Waals surface area contributed by atoms with Gasteiger partial charge in [0.05, 0.1) is 23.7 Å². The van der Waals surface area contributed by atoms with Crippen LogP contribution in [0.1, 0.15) is 6.42 Å².